The maximum Gasteiger partial charge on any atom is 0.407 e. The normalized spacial score (nSPS) is 23.9. The van der Waals surface area contributed by atoms with E-state index in [1.165, 1.54) is 0 Å². The molecule has 11 nitrogen and oxygen atoms in total. The Morgan fingerprint density at radius 2 is 2.14 bits per heavy atom. The molecule has 11 heteroatoms. The predicted octanol–water partition coefficient (Wildman–Crippen LogP) is 2.94. The number of anilines is 2. The number of aromatic nitrogens is 5. The van der Waals surface area contributed by atoms with Gasteiger partial charge in [-0.2, -0.15) is 10.2 Å². The van der Waals surface area contributed by atoms with Crippen molar-refractivity contribution in [2.24, 2.45) is 0 Å². The third-order valence-corrected chi connectivity index (χ3v) is 7.28. The molecule has 3 fully saturated rings. The van der Waals surface area contributed by atoms with Crippen molar-refractivity contribution in [1.29, 1.82) is 0 Å². The summed E-state index contributed by atoms with van der Waals surface area (Å²) in [6.45, 7) is 6.22. The van der Waals surface area contributed by atoms with Gasteiger partial charge in [-0.1, -0.05) is 0 Å². The van der Waals surface area contributed by atoms with Gasteiger partial charge in [-0.15, -0.1) is 0 Å². The SMILES string of the molecule is CC1(NC(=O)O[C@@H]2CC[C@H](c3cc(Nc4nccn5nc(CN6CCOCC6)cc45)n[nH]3)C2)CC1. The second-order valence-electron chi connectivity index (χ2n) is 10.2. The molecule has 6 rings (SSSR count). The third-order valence-electron chi connectivity index (χ3n) is 7.28. The van der Waals surface area contributed by atoms with E-state index in [0.717, 1.165) is 81.9 Å². The van der Waals surface area contributed by atoms with E-state index in [9.17, 15) is 4.79 Å². The maximum atomic E-state index is 12.1. The standard InChI is InChI=1S/C24H32N8O3/c1-24(4-5-24)27-23(33)35-18-3-2-16(12-18)19-14-21(29-28-19)26-22-20-13-17(30-32(20)7-6-25-22)15-31-8-10-34-11-9-31/h6-7,13-14,16,18H,2-5,8-12,15H2,1H3,(H,27,33)(H2,25,26,28,29)/t16-,18+/m0/s1. The van der Waals surface area contributed by atoms with Gasteiger partial charge in [0.15, 0.2) is 11.6 Å². The fourth-order valence-corrected chi connectivity index (χ4v) is 4.94. The number of hydrogen-bond acceptors (Lipinski definition) is 8. The van der Waals surface area contributed by atoms with Crippen molar-refractivity contribution in [2.75, 3.05) is 31.6 Å². The first-order valence-electron chi connectivity index (χ1n) is 12.5. The Morgan fingerprint density at radius 3 is 2.97 bits per heavy atom. The van der Waals surface area contributed by atoms with Gasteiger partial charge in [0.1, 0.15) is 11.6 Å². The largest absolute Gasteiger partial charge is 0.446 e. The lowest BCUT2D eigenvalue weighted by Crippen LogP contribution is -2.36. The van der Waals surface area contributed by atoms with E-state index in [-0.39, 0.29) is 23.7 Å². The molecule has 2 saturated carbocycles. The molecule has 4 heterocycles. The van der Waals surface area contributed by atoms with Crippen LogP contribution in [0.2, 0.25) is 0 Å². The number of morpholine rings is 1. The van der Waals surface area contributed by atoms with Crippen LogP contribution >= 0.6 is 0 Å². The summed E-state index contributed by atoms with van der Waals surface area (Å²) in [7, 11) is 0. The van der Waals surface area contributed by atoms with Gasteiger partial charge in [-0.25, -0.2) is 14.3 Å². The number of hydrogen-bond donors (Lipinski definition) is 3. The van der Waals surface area contributed by atoms with Crippen molar-refractivity contribution in [3.8, 4) is 0 Å². The number of ether oxygens (including phenoxy) is 2. The van der Waals surface area contributed by atoms with Gasteiger partial charge < -0.3 is 20.1 Å². The van der Waals surface area contributed by atoms with Crippen LogP contribution < -0.4 is 10.6 Å². The van der Waals surface area contributed by atoms with Crippen molar-refractivity contribution >= 4 is 23.2 Å². The Hall–Kier alpha value is -3.18. The number of alkyl carbamates (subject to hydrolysis) is 1. The summed E-state index contributed by atoms with van der Waals surface area (Å²) in [5.41, 5.74) is 2.89. The number of fused-ring (bicyclic) bond motifs is 1. The average molecular weight is 481 g/mol. The van der Waals surface area contributed by atoms with Gasteiger partial charge in [-0.3, -0.25) is 10.00 Å². The highest BCUT2D eigenvalue weighted by atomic mass is 16.6. The fraction of sp³-hybridized carbons (Fsp3) is 0.583. The minimum absolute atomic E-state index is 0.0608. The van der Waals surface area contributed by atoms with E-state index in [4.69, 9.17) is 14.6 Å². The molecular weight excluding hydrogens is 448 g/mol. The molecule has 3 aromatic heterocycles. The van der Waals surface area contributed by atoms with E-state index in [2.05, 4.69) is 43.7 Å². The summed E-state index contributed by atoms with van der Waals surface area (Å²) in [5, 5.41) is 18.6. The van der Waals surface area contributed by atoms with Crippen molar-refractivity contribution < 1.29 is 14.3 Å². The Kier molecular flexibility index (Phi) is 5.81. The van der Waals surface area contributed by atoms with E-state index in [1.807, 2.05) is 16.8 Å². The molecule has 0 bridgehead atoms. The molecule has 1 aliphatic heterocycles. The highest BCUT2D eigenvalue weighted by molar-refractivity contribution is 5.72. The zero-order valence-corrected chi connectivity index (χ0v) is 20.0. The monoisotopic (exact) mass is 480 g/mol. The van der Waals surface area contributed by atoms with Crippen LogP contribution in [0.25, 0.3) is 5.52 Å². The van der Waals surface area contributed by atoms with Crippen molar-refractivity contribution in [3.63, 3.8) is 0 Å². The van der Waals surface area contributed by atoms with Crippen LogP contribution in [0.5, 0.6) is 0 Å². The smallest absolute Gasteiger partial charge is 0.407 e. The molecule has 1 amide bonds. The first kappa shape index (κ1) is 22.3. The highest BCUT2D eigenvalue weighted by Gasteiger charge is 2.40. The van der Waals surface area contributed by atoms with Crippen LogP contribution in [0.4, 0.5) is 16.4 Å². The number of H-pyrrole nitrogens is 1. The first-order valence-corrected chi connectivity index (χ1v) is 12.5. The molecule has 35 heavy (non-hydrogen) atoms. The molecule has 0 unspecified atom stereocenters. The molecular formula is C24H32N8O3. The summed E-state index contributed by atoms with van der Waals surface area (Å²) in [4.78, 5) is 19.0. The van der Waals surface area contributed by atoms with E-state index < -0.39 is 0 Å². The number of rotatable bonds is 7. The number of amides is 1. The molecule has 0 spiro atoms. The summed E-state index contributed by atoms with van der Waals surface area (Å²) in [6, 6.07) is 4.10. The third kappa shape index (κ3) is 5.10. The molecule has 3 aromatic rings. The van der Waals surface area contributed by atoms with Gasteiger partial charge in [-0.05, 0) is 45.1 Å². The molecule has 0 aromatic carbocycles. The molecule has 3 aliphatic rings. The van der Waals surface area contributed by atoms with Crippen LogP contribution in [0.3, 0.4) is 0 Å². The summed E-state index contributed by atoms with van der Waals surface area (Å²) in [5.74, 6) is 1.70. The molecule has 3 N–H and O–H groups in total. The average Bonchev–Trinajstić information content (AvgIpc) is 3.24. The molecule has 186 valence electrons. The highest BCUT2D eigenvalue weighted by Crippen LogP contribution is 2.37. The van der Waals surface area contributed by atoms with Crippen molar-refractivity contribution in [2.45, 2.75) is 63.1 Å². The summed E-state index contributed by atoms with van der Waals surface area (Å²) < 4.78 is 12.9. The number of carbonyl (C=O) groups is 1. The van der Waals surface area contributed by atoms with Gasteiger partial charge >= 0.3 is 6.09 Å². The minimum atomic E-state index is -0.296. The van der Waals surface area contributed by atoms with Gasteiger partial charge in [0, 0.05) is 55.2 Å². The molecule has 1 saturated heterocycles. The summed E-state index contributed by atoms with van der Waals surface area (Å²) in [6.07, 6.45) is 7.90. The minimum Gasteiger partial charge on any atom is -0.446 e. The van der Waals surface area contributed by atoms with Gasteiger partial charge in [0.05, 0.1) is 18.9 Å². The van der Waals surface area contributed by atoms with Crippen molar-refractivity contribution in [3.05, 3.63) is 35.9 Å². The Balaban J connectivity index is 1.08. The van der Waals surface area contributed by atoms with Gasteiger partial charge in [0.2, 0.25) is 0 Å². The van der Waals surface area contributed by atoms with Crippen LogP contribution in [0.1, 0.15) is 56.3 Å². The van der Waals surface area contributed by atoms with E-state index in [1.54, 1.807) is 6.20 Å². The zero-order valence-electron chi connectivity index (χ0n) is 20.0. The van der Waals surface area contributed by atoms with E-state index >= 15 is 0 Å². The lowest BCUT2D eigenvalue weighted by Gasteiger charge is -2.25. The lowest BCUT2D eigenvalue weighted by atomic mass is 10.0. The second kappa shape index (κ2) is 9.12. The quantitative estimate of drug-likeness (QED) is 0.472. The van der Waals surface area contributed by atoms with Crippen molar-refractivity contribution in [1.82, 2.24) is 35.0 Å². The maximum absolute atomic E-state index is 12.1. The Morgan fingerprint density at radius 1 is 1.29 bits per heavy atom. The number of aromatic amines is 1. The summed E-state index contributed by atoms with van der Waals surface area (Å²) >= 11 is 0. The molecule has 2 aliphatic carbocycles. The van der Waals surface area contributed by atoms with Gasteiger partial charge in [0.25, 0.3) is 0 Å². The Bertz CT molecular complexity index is 1200. The number of nitrogens with zero attached hydrogens (tertiary/aromatic N) is 5. The number of carbonyl (C=O) groups excluding carboxylic acids is 1. The second-order valence-corrected chi connectivity index (χ2v) is 10.2. The molecule has 2 atom stereocenters. The van der Waals surface area contributed by atoms with Crippen LogP contribution in [0.15, 0.2) is 24.5 Å². The van der Waals surface area contributed by atoms with Crippen LogP contribution in [-0.4, -0.2) is 73.7 Å². The molecule has 0 radical (unpaired) electrons. The zero-order chi connectivity index (χ0) is 23.8. The van der Waals surface area contributed by atoms with E-state index in [0.29, 0.717) is 11.6 Å². The van der Waals surface area contributed by atoms with Crippen LogP contribution in [0, 0.1) is 0 Å². The van der Waals surface area contributed by atoms with Crippen LogP contribution in [-0.2, 0) is 16.0 Å². The predicted molar refractivity (Wildman–Crippen MR) is 129 cm³/mol. The first-order chi connectivity index (χ1) is 17.0. The number of nitrogens with one attached hydrogen (secondary N) is 3. The topological polar surface area (TPSA) is 122 Å². The Labute approximate surface area is 203 Å². The fourth-order valence-electron chi connectivity index (χ4n) is 4.94. The lowest BCUT2D eigenvalue weighted by molar-refractivity contribution is 0.0336.